The molecule has 0 fully saturated rings. The van der Waals surface area contributed by atoms with E-state index in [0.717, 1.165) is 12.1 Å². The summed E-state index contributed by atoms with van der Waals surface area (Å²) in [6, 6.07) is 7.02. The van der Waals surface area contributed by atoms with Crippen molar-refractivity contribution in [2.45, 2.75) is 20.3 Å². The van der Waals surface area contributed by atoms with Crippen LogP contribution < -0.4 is 5.01 Å². The quantitative estimate of drug-likeness (QED) is 0.440. The zero-order chi connectivity index (χ0) is 11.3. The van der Waals surface area contributed by atoms with Crippen LogP contribution in [-0.2, 0) is 4.79 Å². The highest BCUT2D eigenvalue weighted by molar-refractivity contribution is 6.30. The largest absolute Gasteiger partial charge is 0.276 e. The molecule has 1 aromatic rings. The first-order chi connectivity index (χ1) is 7.17. The van der Waals surface area contributed by atoms with E-state index in [0.29, 0.717) is 17.1 Å². The number of hydrazone groups is 1. The average molecular weight is 225 g/mol. The lowest BCUT2D eigenvalue weighted by atomic mass is 10.3. The third-order valence-electron chi connectivity index (χ3n) is 1.96. The number of anilines is 1. The molecule has 80 valence electrons. The van der Waals surface area contributed by atoms with E-state index in [1.807, 2.05) is 13.8 Å². The second-order valence-electron chi connectivity index (χ2n) is 3.12. The van der Waals surface area contributed by atoms with Crippen molar-refractivity contribution in [1.29, 1.82) is 0 Å². The van der Waals surface area contributed by atoms with Gasteiger partial charge in [0.2, 0.25) is 6.41 Å². The fourth-order valence-electron chi connectivity index (χ4n) is 1.02. The smallest absolute Gasteiger partial charge is 0.234 e. The zero-order valence-corrected chi connectivity index (χ0v) is 9.53. The molecule has 0 saturated carbocycles. The number of nitrogens with zero attached hydrogens (tertiary/aromatic N) is 2. The summed E-state index contributed by atoms with van der Waals surface area (Å²) in [6.07, 6.45) is 1.48. The van der Waals surface area contributed by atoms with E-state index in [-0.39, 0.29) is 0 Å². The highest BCUT2D eigenvalue weighted by atomic mass is 35.5. The van der Waals surface area contributed by atoms with Gasteiger partial charge in [-0.2, -0.15) is 5.10 Å². The molecule has 0 aromatic heterocycles. The van der Waals surface area contributed by atoms with Crippen LogP contribution in [0.3, 0.4) is 0 Å². The van der Waals surface area contributed by atoms with Gasteiger partial charge < -0.3 is 0 Å². The van der Waals surface area contributed by atoms with Gasteiger partial charge in [-0.3, -0.25) is 4.79 Å². The topological polar surface area (TPSA) is 32.7 Å². The number of amides is 1. The van der Waals surface area contributed by atoms with Crippen LogP contribution in [0.5, 0.6) is 0 Å². The van der Waals surface area contributed by atoms with Crippen LogP contribution in [0.1, 0.15) is 20.3 Å². The van der Waals surface area contributed by atoms with Gasteiger partial charge in [-0.15, -0.1) is 0 Å². The monoisotopic (exact) mass is 224 g/mol. The molecule has 0 unspecified atom stereocenters. The first-order valence-electron chi connectivity index (χ1n) is 4.71. The number of halogens is 1. The van der Waals surface area contributed by atoms with Crippen LogP contribution in [0.2, 0.25) is 5.02 Å². The Morgan fingerprint density at radius 2 is 2.33 bits per heavy atom. The molecule has 3 nitrogen and oxygen atoms in total. The molecular weight excluding hydrogens is 212 g/mol. The molecule has 0 radical (unpaired) electrons. The Hall–Kier alpha value is -1.35. The number of carbonyl (C=O) groups excluding carboxylic acids is 1. The summed E-state index contributed by atoms with van der Waals surface area (Å²) in [5.41, 5.74) is 1.56. The van der Waals surface area contributed by atoms with E-state index in [2.05, 4.69) is 5.10 Å². The Morgan fingerprint density at radius 3 is 2.87 bits per heavy atom. The summed E-state index contributed by atoms with van der Waals surface area (Å²) in [7, 11) is 0. The van der Waals surface area contributed by atoms with Gasteiger partial charge in [-0.1, -0.05) is 24.6 Å². The van der Waals surface area contributed by atoms with Crippen LogP contribution in [0, 0.1) is 0 Å². The van der Waals surface area contributed by atoms with Gasteiger partial charge in [-0.05, 0) is 31.5 Å². The SMILES string of the molecule is CC/C(C)=N\N(C=O)c1cccc(Cl)c1. The predicted octanol–water partition coefficient (Wildman–Crippen LogP) is 3.09. The molecule has 4 heteroatoms. The second kappa shape index (κ2) is 5.51. The summed E-state index contributed by atoms with van der Waals surface area (Å²) in [4.78, 5) is 10.8. The molecule has 15 heavy (non-hydrogen) atoms. The molecule has 0 N–H and O–H groups in total. The normalized spacial score (nSPS) is 11.3. The van der Waals surface area contributed by atoms with Gasteiger partial charge in [0.05, 0.1) is 5.69 Å². The minimum Gasteiger partial charge on any atom is -0.276 e. The highest BCUT2D eigenvalue weighted by Gasteiger charge is 2.03. The number of carbonyl (C=O) groups is 1. The Morgan fingerprint density at radius 1 is 1.60 bits per heavy atom. The third-order valence-corrected chi connectivity index (χ3v) is 2.20. The maximum absolute atomic E-state index is 10.8. The van der Waals surface area contributed by atoms with Crippen molar-refractivity contribution in [3.8, 4) is 0 Å². The summed E-state index contributed by atoms with van der Waals surface area (Å²) < 4.78 is 0. The second-order valence-corrected chi connectivity index (χ2v) is 3.56. The van der Waals surface area contributed by atoms with Crippen molar-refractivity contribution in [3.05, 3.63) is 29.3 Å². The first kappa shape index (κ1) is 11.7. The highest BCUT2D eigenvalue weighted by Crippen LogP contribution is 2.18. The molecule has 0 bridgehead atoms. The van der Waals surface area contributed by atoms with Crippen LogP contribution >= 0.6 is 11.6 Å². The molecule has 0 atom stereocenters. The number of rotatable bonds is 4. The zero-order valence-electron chi connectivity index (χ0n) is 8.77. The minimum absolute atomic E-state index is 0.587. The number of hydrogen-bond acceptors (Lipinski definition) is 2. The molecule has 0 saturated heterocycles. The van der Waals surface area contributed by atoms with Gasteiger partial charge in [0, 0.05) is 10.7 Å². The van der Waals surface area contributed by atoms with E-state index >= 15 is 0 Å². The van der Waals surface area contributed by atoms with Crippen LogP contribution in [0.4, 0.5) is 5.69 Å². The van der Waals surface area contributed by atoms with Crippen molar-refractivity contribution in [2.75, 3.05) is 5.01 Å². The fourth-order valence-corrected chi connectivity index (χ4v) is 1.20. The molecule has 1 aromatic carbocycles. The molecule has 0 spiro atoms. The maximum atomic E-state index is 10.8. The number of benzene rings is 1. The molecule has 1 rings (SSSR count). The van der Waals surface area contributed by atoms with Gasteiger partial charge in [-0.25, -0.2) is 5.01 Å². The van der Waals surface area contributed by atoms with Crippen molar-refractivity contribution in [3.63, 3.8) is 0 Å². The Balaban J connectivity index is 2.97. The van der Waals surface area contributed by atoms with Crippen molar-refractivity contribution < 1.29 is 4.79 Å². The molecule has 0 aliphatic heterocycles. The lowest BCUT2D eigenvalue weighted by Gasteiger charge is -2.12. The molecule has 0 heterocycles. The van der Waals surface area contributed by atoms with Gasteiger partial charge in [0.25, 0.3) is 0 Å². The van der Waals surface area contributed by atoms with Crippen LogP contribution in [0.25, 0.3) is 0 Å². The minimum atomic E-state index is 0.587. The van der Waals surface area contributed by atoms with Crippen molar-refractivity contribution in [2.24, 2.45) is 5.10 Å². The molecule has 1 amide bonds. The van der Waals surface area contributed by atoms with Gasteiger partial charge in [0.1, 0.15) is 0 Å². The lowest BCUT2D eigenvalue weighted by molar-refractivity contribution is -0.107. The van der Waals surface area contributed by atoms with Gasteiger partial charge >= 0.3 is 0 Å². The standard InChI is InChI=1S/C11H13ClN2O/c1-3-9(2)13-14(8-15)11-6-4-5-10(12)7-11/h4-8H,3H2,1-2H3/b13-9-. The lowest BCUT2D eigenvalue weighted by Crippen LogP contribution is -2.15. The van der Waals surface area contributed by atoms with E-state index in [1.165, 1.54) is 5.01 Å². The summed E-state index contributed by atoms with van der Waals surface area (Å²) in [6.45, 7) is 3.86. The van der Waals surface area contributed by atoms with Crippen molar-refractivity contribution >= 4 is 29.4 Å². The summed E-state index contributed by atoms with van der Waals surface area (Å²) in [5, 5.41) is 6.02. The average Bonchev–Trinajstić information content (AvgIpc) is 2.25. The third kappa shape index (κ3) is 3.36. The molecular formula is C11H13ClN2O. The first-order valence-corrected chi connectivity index (χ1v) is 5.09. The Labute approximate surface area is 94.3 Å². The van der Waals surface area contributed by atoms with Gasteiger partial charge in [0.15, 0.2) is 0 Å². The van der Waals surface area contributed by atoms with Crippen LogP contribution in [0.15, 0.2) is 29.4 Å². The maximum Gasteiger partial charge on any atom is 0.234 e. The molecule has 0 aliphatic rings. The summed E-state index contributed by atoms with van der Waals surface area (Å²) >= 11 is 5.83. The summed E-state index contributed by atoms with van der Waals surface area (Å²) in [5.74, 6) is 0. The van der Waals surface area contributed by atoms with Crippen molar-refractivity contribution in [1.82, 2.24) is 0 Å². The molecule has 0 aliphatic carbocycles. The number of hydrogen-bond donors (Lipinski definition) is 0. The fraction of sp³-hybridized carbons (Fsp3) is 0.273. The Kier molecular flexibility index (Phi) is 4.31. The Bertz CT molecular complexity index is 377. The predicted molar refractivity (Wildman–Crippen MR) is 63.4 cm³/mol. The van der Waals surface area contributed by atoms with E-state index < -0.39 is 0 Å². The van der Waals surface area contributed by atoms with E-state index in [9.17, 15) is 4.79 Å². The van der Waals surface area contributed by atoms with Crippen LogP contribution in [-0.4, -0.2) is 12.1 Å². The van der Waals surface area contributed by atoms with E-state index in [4.69, 9.17) is 11.6 Å². The van der Waals surface area contributed by atoms with E-state index in [1.54, 1.807) is 24.3 Å².